The fourth-order valence-electron chi connectivity index (χ4n) is 3.87. The molecule has 0 aliphatic carbocycles. The van der Waals surface area contributed by atoms with E-state index in [1.54, 1.807) is 18.3 Å². The third kappa shape index (κ3) is 4.98. The molecule has 8 nitrogen and oxygen atoms in total. The number of aliphatic hydroxyl groups is 2. The maximum absolute atomic E-state index is 11.5. The van der Waals surface area contributed by atoms with Crippen molar-refractivity contribution in [2.75, 3.05) is 12.4 Å². The van der Waals surface area contributed by atoms with E-state index in [4.69, 9.17) is 9.47 Å². The summed E-state index contributed by atoms with van der Waals surface area (Å²) < 4.78 is 11.4. The molecule has 34 heavy (non-hydrogen) atoms. The Kier molecular flexibility index (Phi) is 7.01. The molecule has 1 aromatic heterocycles. The molecule has 0 saturated carbocycles. The Labute approximate surface area is 196 Å². The first-order valence-electron chi connectivity index (χ1n) is 10.7. The summed E-state index contributed by atoms with van der Waals surface area (Å²) in [6, 6.07) is 14.8. The van der Waals surface area contributed by atoms with Gasteiger partial charge in [0.1, 0.15) is 11.5 Å². The van der Waals surface area contributed by atoms with E-state index in [0.717, 1.165) is 16.3 Å². The zero-order chi connectivity index (χ0) is 24.1. The van der Waals surface area contributed by atoms with E-state index < -0.39 is 0 Å². The minimum atomic E-state index is -0.225. The molecule has 174 valence electrons. The summed E-state index contributed by atoms with van der Waals surface area (Å²) in [5.74, 6) is 1.28. The van der Waals surface area contributed by atoms with Crippen molar-refractivity contribution >= 4 is 22.4 Å². The number of anilines is 1. The van der Waals surface area contributed by atoms with Crippen molar-refractivity contribution in [1.29, 1.82) is 0 Å². The molecule has 3 N–H and O–H groups in total. The van der Waals surface area contributed by atoms with Gasteiger partial charge in [-0.25, -0.2) is 4.98 Å². The summed E-state index contributed by atoms with van der Waals surface area (Å²) in [5.41, 5.74) is 3.39. The van der Waals surface area contributed by atoms with Gasteiger partial charge in [0.25, 0.3) is 0 Å². The lowest BCUT2D eigenvalue weighted by molar-refractivity contribution is -0.114. The lowest BCUT2D eigenvalue weighted by atomic mass is 10.0. The zero-order valence-corrected chi connectivity index (χ0v) is 18.9. The van der Waals surface area contributed by atoms with Crippen molar-refractivity contribution in [2.45, 2.75) is 26.6 Å². The topological polar surface area (TPSA) is 114 Å². The highest BCUT2D eigenvalue weighted by atomic mass is 16.5. The van der Waals surface area contributed by atoms with Crippen molar-refractivity contribution in [3.8, 4) is 17.4 Å². The van der Waals surface area contributed by atoms with Gasteiger partial charge in [0, 0.05) is 41.6 Å². The van der Waals surface area contributed by atoms with Gasteiger partial charge in [-0.15, -0.1) is 0 Å². The van der Waals surface area contributed by atoms with Crippen molar-refractivity contribution in [3.63, 3.8) is 0 Å². The Morgan fingerprint density at radius 1 is 1.00 bits per heavy atom. The smallest absolute Gasteiger partial charge is 0.238 e. The van der Waals surface area contributed by atoms with Crippen LogP contribution in [0.25, 0.3) is 10.8 Å². The summed E-state index contributed by atoms with van der Waals surface area (Å²) in [7, 11) is 1.52. The van der Waals surface area contributed by atoms with E-state index in [1.807, 2.05) is 36.4 Å². The van der Waals surface area contributed by atoms with E-state index in [0.29, 0.717) is 46.3 Å². The Morgan fingerprint density at radius 2 is 1.79 bits per heavy atom. The van der Waals surface area contributed by atoms with Crippen LogP contribution in [0.2, 0.25) is 0 Å². The largest absolute Gasteiger partial charge is 0.496 e. The normalized spacial score (nSPS) is 10.8. The number of hydrogen-bond donors (Lipinski definition) is 3. The first-order valence-corrected chi connectivity index (χ1v) is 10.7. The van der Waals surface area contributed by atoms with E-state index in [-0.39, 0.29) is 19.1 Å². The lowest BCUT2D eigenvalue weighted by Crippen LogP contribution is -2.06. The lowest BCUT2D eigenvalue weighted by Gasteiger charge is -2.14. The first-order chi connectivity index (χ1) is 16.5. The van der Waals surface area contributed by atoms with E-state index in [1.165, 1.54) is 20.2 Å². The minimum absolute atomic E-state index is 0.148. The number of carbonyl (C=O) groups is 1. The number of nitrogens with zero attached hydrogens (tertiary/aromatic N) is 2. The first kappa shape index (κ1) is 23.2. The molecular formula is C26H25N3O5. The summed E-state index contributed by atoms with van der Waals surface area (Å²) in [5, 5.41) is 23.8. The molecule has 3 aromatic carbocycles. The molecule has 8 heteroatoms. The number of benzene rings is 3. The highest BCUT2D eigenvalue weighted by Crippen LogP contribution is 2.34. The summed E-state index contributed by atoms with van der Waals surface area (Å²) >= 11 is 0. The summed E-state index contributed by atoms with van der Waals surface area (Å²) in [4.78, 5) is 20.4. The number of hydrogen-bond acceptors (Lipinski definition) is 7. The fraction of sp³-hybridized carbons (Fsp3) is 0.192. The third-order valence-electron chi connectivity index (χ3n) is 5.37. The maximum Gasteiger partial charge on any atom is 0.238 e. The van der Waals surface area contributed by atoms with Crippen LogP contribution in [0.5, 0.6) is 17.4 Å². The molecule has 0 radical (unpaired) electrons. The van der Waals surface area contributed by atoms with Gasteiger partial charge >= 0.3 is 0 Å². The number of amides is 1. The standard InChI is InChI=1S/C26H25N3O5/c1-16(32)28-23-7-8-24(21-6-4-3-5-20(21)23)34-26-13-27-12-19(29-26)10-17-9-18(14-30)22(15-31)25(11-17)33-2/h3-9,11-13,30-31H,10,14-15H2,1-2H3,(H,28,32). The summed E-state index contributed by atoms with van der Waals surface area (Å²) in [6.07, 6.45) is 3.62. The van der Waals surface area contributed by atoms with Gasteiger partial charge in [-0.1, -0.05) is 30.3 Å². The number of nitrogens with one attached hydrogen (secondary N) is 1. The van der Waals surface area contributed by atoms with Gasteiger partial charge in [0.05, 0.1) is 32.2 Å². The van der Waals surface area contributed by atoms with Crippen LogP contribution in [0.3, 0.4) is 0 Å². The van der Waals surface area contributed by atoms with Gasteiger partial charge in [0.15, 0.2) is 0 Å². The number of aliphatic hydroxyl groups excluding tert-OH is 2. The monoisotopic (exact) mass is 459 g/mol. The van der Waals surface area contributed by atoms with E-state index in [2.05, 4.69) is 15.3 Å². The number of ether oxygens (including phenoxy) is 2. The molecule has 1 amide bonds. The molecular weight excluding hydrogens is 434 g/mol. The second-order valence-corrected chi connectivity index (χ2v) is 7.72. The van der Waals surface area contributed by atoms with Crippen LogP contribution < -0.4 is 14.8 Å². The van der Waals surface area contributed by atoms with Crippen LogP contribution in [-0.2, 0) is 24.4 Å². The van der Waals surface area contributed by atoms with Crippen molar-refractivity contribution < 1.29 is 24.5 Å². The quantitative estimate of drug-likeness (QED) is 0.365. The van der Waals surface area contributed by atoms with Gasteiger partial charge < -0.3 is 25.0 Å². The molecule has 0 fully saturated rings. The predicted molar refractivity (Wildman–Crippen MR) is 128 cm³/mol. The minimum Gasteiger partial charge on any atom is -0.496 e. The number of methoxy groups -OCH3 is 1. The average molecular weight is 460 g/mol. The fourth-order valence-corrected chi connectivity index (χ4v) is 3.87. The maximum atomic E-state index is 11.5. The highest BCUT2D eigenvalue weighted by Gasteiger charge is 2.13. The van der Waals surface area contributed by atoms with E-state index in [9.17, 15) is 15.0 Å². The van der Waals surface area contributed by atoms with Crippen molar-refractivity contribution in [2.24, 2.45) is 0 Å². The van der Waals surface area contributed by atoms with E-state index >= 15 is 0 Å². The Balaban J connectivity index is 1.62. The van der Waals surface area contributed by atoms with Crippen LogP contribution in [0.4, 0.5) is 5.69 Å². The second kappa shape index (κ2) is 10.3. The molecule has 0 unspecified atom stereocenters. The van der Waals surface area contributed by atoms with Crippen LogP contribution >= 0.6 is 0 Å². The zero-order valence-electron chi connectivity index (χ0n) is 18.9. The van der Waals surface area contributed by atoms with Gasteiger partial charge in [0.2, 0.25) is 11.8 Å². The predicted octanol–water partition coefficient (Wildman–Crippen LogP) is 3.96. The molecule has 0 saturated heterocycles. The Morgan fingerprint density at radius 3 is 2.50 bits per heavy atom. The van der Waals surface area contributed by atoms with Crippen molar-refractivity contribution in [3.05, 3.63) is 83.3 Å². The highest BCUT2D eigenvalue weighted by molar-refractivity contribution is 6.03. The Bertz CT molecular complexity index is 1310. The number of carbonyl (C=O) groups excluding carboxylic acids is 1. The molecule has 1 heterocycles. The van der Waals surface area contributed by atoms with Gasteiger partial charge in [-0.3, -0.25) is 9.78 Å². The number of rotatable bonds is 8. The van der Waals surface area contributed by atoms with Gasteiger partial charge in [-0.2, -0.15) is 0 Å². The van der Waals surface area contributed by atoms with Crippen LogP contribution in [0.15, 0.2) is 60.9 Å². The number of fused-ring (bicyclic) bond motifs is 1. The van der Waals surface area contributed by atoms with Crippen molar-refractivity contribution in [1.82, 2.24) is 9.97 Å². The number of aromatic nitrogens is 2. The molecule has 4 aromatic rings. The molecule has 0 atom stereocenters. The molecule has 0 bridgehead atoms. The molecule has 4 rings (SSSR count). The van der Waals surface area contributed by atoms with Crippen LogP contribution in [0.1, 0.15) is 29.3 Å². The third-order valence-corrected chi connectivity index (χ3v) is 5.37. The molecule has 0 spiro atoms. The van der Waals surface area contributed by atoms with Gasteiger partial charge in [-0.05, 0) is 29.3 Å². The van der Waals surface area contributed by atoms with Crippen LogP contribution in [0, 0.1) is 0 Å². The Hall–Kier alpha value is -4.01. The molecule has 0 aliphatic rings. The van der Waals surface area contributed by atoms with Crippen LogP contribution in [-0.4, -0.2) is 33.2 Å². The SMILES string of the molecule is COc1cc(Cc2cncc(Oc3ccc(NC(C)=O)c4ccccc34)n2)cc(CO)c1CO. The average Bonchev–Trinajstić information content (AvgIpc) is 2.85. The summed E-state index contributed by atoms with van der Waals surface area (Å²) in [6.45, 7) is 1.03. The molecule has 0 aliphatic heterocycles. The second-order valence-electron chi connectivity index (χ2n) is 7.72.